The second-order valence-corrected chi connectivity index (χ2v) is 6.28. The molecule has 0 aliphatic heterocycles. The van der Waals surface area contributed by atoms with Gasteiger partial charge in [-0.3, -0.25) is 0 Å². The lowest BCUT2D eigenvalue weighted by Crippen LogP contribution is -2.08. The van der Waals surface area contributed by atoms with Crippen molar-refractivity contribution in [2.24, 2.45) is 0 Å². The summed E-state index contributed by atoms with van der Waals surface area (Å²) in [4.78, 5) is 17.6. The third-order valence-corrected chi connectivity index (χ3v) is 4.50. The lowest BCUT2D eigenvalue weighted by atomic mass is 10.0. The maximum absolute atomic E-state index is 12.9. The normalized spacial score (nSPS) is 10.4. The van der Waals surface area contributed by atoms with Crippen LogP contribution in [0.4, 0.5) is 0 Å². The Morgan fingerprint density at radius 1 is 0.929 bits per heavy atom. The molecule has 0 aliphatic rings. The Morgan fingerprint density at radius 2 is 1.64 bits per heavy atom. The van der Waals surface area contributed by atoms with Crippen molar-refractivity contribution in [1.29, 1.82) is 5.26 Å². The molecule has 0 saturated heterocycles. The predicted octanol–water partition coefficient (Wildman–Crippen LogP) is 5.13. The minimum atomic E-state index is -0.441. The third kappa shape index (κ3) is 3.46. The van der Waals surface area contributed by atoms with E-state index in [2.05, 4.69) is 11.1 Å². The van der Waals surface area contributed by atoms with Gasteiger partial charge in [0.2, 0.25) is 0 Å². The van der Waals surface area contributed by atoms with E-state index in [1.807, 2.05) is 60.7 Å². The number of para-hydroxylation sites is 1. The summed E-state index contributed by atoms with van der Waals surface area (Å²) in [5, 5.41) is 9.94. The summed E-state index contributed by atoms with van der Waals surface area (Å²) in [6, 6.07) is 28.2. The van der Waals surface area contributed by atoms with E-state index >= 15 is 0 Å². The molecule has 0 N–H and O–H groups in total. The van der Waals surface area contributed by atoms with Crippen LogP contribution in [0.5, 0.6) is 0 Å². The molecule has 0 radical (unpaired) electrons. The zero-order valence-corrected chi connectivity index (χ0v) is 15.0. The minimum Gasteiger partial charge on any atom is -0.457 e. The second kappa shape index (κ2) is 7.73. The number of benzene rings is 3. The van der Waals surface area contributed by atoms with Crippen LogP contribution in [0.1, 0.15) is 21.5 Å². The van der Waals surface area contributed by atoms with E-state index in [1.54, 1.807) is 24.3 Å². The summed E-state index contributed by atoms with van der Waals surface area (Å²) in [5.74, 6) is -0.441. The molecule has 28 heavy (non-hydrogen) atoms. The molecule has 0 atom stereocenters. The number of rotatable bonds is 4. The van der Waals surface area contributed by atoms with Gasteiger partial charge in [0.15, 0.2) is 0 Å². The number of carbonyl (C=O) groups excluding carboxylic acids is 1. The molecule has 0 amide bonds. The van der Waals surface area contributed by atoms with E-state index in [0.29, 0.717) is 22.4 Å². The van der Waals surface area contributed by atoms with E-state index in [9.17, 15) is 10.1 Å². The summed E-state index contributed by atoms with van der Waals surface area (Å²) in [7, 11) is 0. The molecule has 1 aromatic heterocycles. The molecule has 4 rings (SSSR count). The number of pyridine rings is 1. The van der Waals surface area contributed by atoms with Crippen LogP contribution in [0, 0.1) is 11.3 Å². The van der Waals surface area contributed by atoms with E-state index in [1.165, 1.54) is 0 Å². The summed E-state index contributed by atoms with van der Waals surface area (Å²) in [5.41, 5.74) is 4.01. The fourth-order valence-corrected chi connectivity index (χ4v) is 3.08. The van der Waals surface area contributed by atoms with Gasteiger partial charge < -0.3 is 4.74 Å². The monoisotopic (exact) mass is 364 g/mol. The first-order valence-corrected chi connectivity index (χ1v) is 8.86. The Bertz CT molecular complexity index is 1190. The summed E-state index contributed by atoms with van der Waals surface area (Å²) in [6.07, 6.45) is 0. The molecule has 0 bridgehead atoms. The summed E-state index contributed by atoms with van der Waals surface area (Å²) < 4.78 is 5.54. The van der Waals surface area contributed by atoms with Crippen LogP contribution in [-0.4, -0.2) is 11.0 Å². The number of nitriles is 1. The molecule has 0 saturated carbocycles. The van der Waals surface area contributed by atoms with Gasteiger partial charge in [-0.2, -0.15) is 5.26 Å². The number of ether oxygens (including phenoxy) is 1. The Kier molecular flexibility index (Phi) is 4.81. The highest BCUT2D eigenvalue weighted by atomic mass is 16.5. The Hall–Kier alpha value is -3.97. The Balaban J connectivity index is 1.71. The van der Waals surface area contributed by atoms with Crippen molar-refractivity contribution in [1.82, 2.24) is 4.98 Å². The molecule has 3 aromatic carbocycles. The highest BCUT2D eigenvalue weighted by Crippen LogP contribution is 2.25. The highest BCUT2D eigenvalue weighted by molar-refractivity contribution is 6.04. The van der Waals surface area contributed by atoms with Gasteiger partial charge in [-0.25, -0.2) is 9.78 Å². The van der Waals surface area contributed by atoms with Crippen LogP contribution in [0.15, 0.2) is 84.9 Å². The Morgan fingerprint density at radius 3 is 2.46 bits per heavy atom. The standard InChI is InChI=1S/C24H16N2O2/c25-15-18-10-4-5-11-19(18)16-28-24(27)21-14-23(17-8-2-1-3-9-17)26-22-13-7-6-12-20(21)22/h1-14H,16H2. The lowest BCUT2D eigenvalue weighted by molar-refractivity contribution is 0.0475. The van der Waals surface area contributed by atoms with Gasteiger partial charge in [0.25, 0.3) is 0 Å². The van der Waals surface area contributed by atoms with Crippen molar-refractivity contribution in [3.05, 3.63) is 102 Å². The fourth-order valence-electron chi connectivity index (χ4n) is 3.08. The largest absolute Gasteiger partial charge is 0.457 e. The van der Waals surface area contributed by atoms with Gasteiger partial charge >= 0.3 is 5.97 Å². The predicted molar refractivity (Wildman–Crippen MR) is 107 cm³/mol. The average molecular weight is 364 g/mol. The zero-order chi connectivity index (χ0) is 19.3. The van der Waals surface area contributed by atoms with E-state index in [-0.39, 0.29) is 6.61 Å². The topological polar surface area (TPSA) is 63.0 Å². The SMILES string of the molecule is N#Cc1ccccc1COC(=O)c1cc(-c2ccccc2)nc2ccccc12. The molecule has 1 heterocycles. The van der Waals surface area contributed by atoms with Crippen LogP contribution >= 0.6 is 0 Å². The molecule has 4 aromatic rings. The van der Waals surface area contributed by atoms with Gasteiger partial charge in [-0.1, -0.05) is 66.7 Å². The Labute approximate surface area is 162 Å². The quantitative estimate of drug-likeness (QED) is 0.471. The first-order valence-electron chi connectivity index (χ1n) is 8.86. The van der Waals surface area contributed by atoms with Crippen molar-refractivity contribution in [3.63, 3.8) is 0 Å². The first-order chi connectivity index (χ1) is 13.8. The van der Waals surface area contributed by atoms with Crippen LogP contribution in [0.25, 0.3) is 22.2 Å². The van der Waals surface area contributed by atoms with E-state index in [0.717, 1.165) is 16.5 Å². The van der Waals surface area contributed by atoms with Gasteiger partial charge in [0.05, 0.1) is 28.4 Å². The van der Waals surface area contributed by atoms with Crippen molar-refractivity contribution < 1.29 is 9.53 Å². The maximum atomic E-state index is 12.9. The van der Waals surface area contributed by atoms with Gasteiger partial charge in [-0.15, -0.1) is 0 Å². The number of nitrogens with zero attached hydrogens (tertiary/aromatic N) is 2. The minimum absolute atomic E-state index is 0.0416. The number of esters is 1. The number of carbonyl (C=O) groups is 1. The first kappa shape index (κ1) is 17.4. The molecular weight excluding hydrogens is 348 g/mol. The van der Waals surface area contributed by atoms with E-state index in [4.69, 9.17) is 4.74 Å². The zero-order valence-electron chi connectivity index (χ0n) is 15.0. The van der Waals surface area contributed by atoms with Crippen LogP contribution < -0.4 is 0 Å². The van der Waals surface area contributed by atoms with Crippen LogP contribution in [-0.2, 0) is 11.3 Å². The summed E-state index contributed by atoms with van der Waals surface area (Å²) in [6.45, 7) is 0.0416. The molecule has 134 valence electrons. The maximum Gasteiger partial charge on any atom is 0.339 e. The fraction of sp³-hybridized carbons (Fsp3) is 0.0417. The van der Waals surface area contributed by atoms with Crippen molar-refractivity contribution in [2.45, 2.75) is 6.61 Å². The van der Waals surface area contributed by atoms with Crippen LogP contribution in [0.2, 0.25) is 0 Å². The molecular formula is C24H16N2O2. The molecule has 0 aliphatic carbocycles. The number of fused-ring (bicyclic) bond motifs is 1. The van der Waals surface area contributed by atoms with Crippen molar-refractivity contribution in [2.75, 3.05) is 0 Å². The molecule has 0 fully saturated rings. The third-order valence-electron chi connectivity index (χ3n) is 4.50. The van der Waals surface area contributed by atoms with E-state index < -0.39 is 5.97 Å². The number of hydrogen-bond acceptors (Lipinski definition) is 4. The van der Waals surface area contributed by atoms with Crippen molar-refractivity contribution in [3.8, 4) is 17.3 Å². The average Bonchev–Trinajstić information content (AvgIpc) is 2.77. The summed E-state index contributed by atoms with van der Waals surface area (Å²) >= 11 is 0. The highest BCUT2D eigenvalue weighted by Gasteiger charge is 2.16. The molecule has 0 spiro atoms. The van der Waals surface area contributed by atoms with Gasteiger partial charge in [0, 0.05) is 16.5 Å². The smallest absolute Gasteiger partial charge is 0.339 e. The number of aromatic nitrogens is 1. The van der Waals surface area contributed by atoms with Crippen LogP contribution in [0.3, 0.4) is 0 Å². The van der Waals surface area contributed by atoms with Gasteiger partial charge in [-0.05, 0) is 18.2 Å². The molecule has 4 nitrogen and oxygen atoms in total. The van der Waals surface area contributed by atoms with Crippen molar-refractivity contribution >= 4 is 16.9 Å². The van der Waals surface area contributed by atoms with Gasteiger partial charge in [0.1, 0.15) is 6.61 Å². The molecule has 0 unspecified atom stereocenters. The second-order valence-electron chi connectivity index (χ2n) is 6.28. The lowest BCUT2D eigenvalue weighted by Gasteiger charge is -2.11. The molecule has 4 heteroatoms. The number of hydrogen-bond donors (Lipinski definition) is 0.